The van der Waals surface area contributed by atoms with Crippen LogP contribution >= 0.6 is 24.0 Å². The van der Waals surface area contributed by atoms with Crippen molar-refractivity contribution < 1.29 is 4.74 Å². The number of benzene rings is 1. The number of ether oxygens (including phenoxy) is 1. The van der Waals surface area contributed by atoms with Crippen LogP contribution in [0, 0.1) is 0 Å². The van der Waals surface area contributed by atoms with Crippen LogP contribution in [0.15, 0.2) is 35.3 Å². The van der Waals surface area contributed by atoms with Gasteiger partial charge in [-0.15, -0.1) is 24.0 Å². The number of nitrogens with one attached hydrogen (secondary N) is 2. The molecule has 0 aliphatic carbocycles. The highest BCUT2D eigenvalue weighted by Crippen LogP contribution is 2.15. The molecule has 0 heterocycles. The van der Waals surface area contributed by atoms with Crippen LogP contribution in [0.25, 0.3) is 0 Å². The first-order chi connectivity index (χ1) is 12.1. The lowest BCUT2D eigenvalue weighted by molar-refractivity contribution is 0.0646. The third kappa shape index (κ3) is 10.3. The maximum atomic E-state index is 5.89. The fourth-order valence-corrected chi connectivity index (χ4v) is 2.46. The van der Waals surface area contributed by atoms with Crippen LogP contribution in [0.2, 0.25) is 0 Å². The van der Waals surface area contributed by atoms with Crippen molar-refractivity contribution in [2.75, 3.05) is 40.3 Å². The zero-order valence-corrected chi connectivity index (χ0v) is 19.3. The van der Waals surface area contributed by atoms with E-state index in [-0.39, 0.29) is 30.1 Å². The van der Waals surface area contributed by atoms with Gasteiger partial charge in [0.15, 0.2) is 5.96 Å². The van der Waals surface area contributed by atoms with Gasteiger partial charge in [-0.25, -0.2) is 0 Å². The average molecular weight is 476 g/mol. The molecule has 26 heavy (non-hydrogen) atoms. The third-order valence-corrected chi connectivity index (χ3v) is 4.57. The molecule has 2 N–H and O–H groups in total. The Morgan fingerprint density at radius 2 is 1.81 bits per heavy atom. The normalized spacial score (nSPS) is 13.8. The van der Waals surface area contributed by atoms with Gasteiger partial charge in [-0.2, -0.15) is 0 Å². The fourth-order valence-electron chi connectivity index (χ4n) is 2.46. The molecule has 0 saturated heterocycles. The van der Waals surface area contributed by atoms with Gasteiger partial charge in [-0.1, -0.05) is 37.3 Å². The molecule has 150 valence electrons. The minimum absolute atomic E-state index is 0. The molecule has 0 aliphatic rings. The molecule has 0 fully saturated rings. The smallest absolute Gasteiger partial charge is 0.191 e. The third-order valence-electron chi connectivity index (χ3n) is 4.57. The molecular formula is C20H37IN4O. The lowest BCUT2D eigenvalue weighted by atomic mass is 10.1. The number of likely N-dealkylation sites (N-methyl/N-ethyl adjacent to an activating group) is 1. The van der Waals surface area contributed by atoms with Gasteiger partial charge in [0.2, 0.25) is 0 Å². The SMILES string of the molecule is CCC(C)N(C)CCNC(=NC)NCCCOC(C)c1ccccc1.I. The highest BCUT2D eigenvalue weighted by atomic mass is 127. The van der Waals surface area contributed by atoms with E-state index in [0.717, 1.165) is 38.6 Å². The maximum absolute atomic E-state index is 5.89. The quantitative estimate of drug-likeness (QED) is 0.222. The van der Waals surface area contributed by atoms with Gasteiger partial charge in [0.1, 0.15) is 0 Å². The van der Waals surface area contributed by atoms with E-state index in [4.69, 9.17) is 4.74 Å². The molecule has 5 nitrogen and oxygen atoms in total. The highest BCUT2D eigenvalue weighted by molar-refractivity contribution is 14.0. The second kappa shape index (κ2) is 15.2. The summed E-state index contributed by atoms with van der Waals surface area (Å²) in [4.78, 5) is 6.63. The predicted molar refractivity (Wildman–Crippen MR) is 123 cm³/mol. The van der Waals surface area contributed by atoms with E-state index in [2.05, 4.69) is 60.5 Å². The standard InChI is InChI=1S/C20H36N4O.HI/c1-6-17(2)24(5)15-14-23-20(21-4)22-13-10-16-25-18(3)19-11-8-7-9-12-19;/h7-9,11-12,17-18H,6,10,13-16H2,1-5H3,(H2,21,22,23);1H. The van der Waals surface area contributed by atoms with Crippen LogP contribution in [-0.4, -0.2) is 57.2 Å². The molecule has 0 bridgehead atoms. The van der Waals surface area contributed by atoms with Crippen LogP contribution in [0.5, 0.6) is 0 Å². The van der Waals surface area contributed by atoms with Gasteiger partial charge in [-0.05, 0) is 39.3 Å². The average Bonchev–Trinajstić information content (AvgIpc) is 2.65. The molecule has 6 heteroatoms. The molecule has 1 aromatic rings. The molecule has 0 radical (unpaired) electrons. The number of aliphatic imine (C=N–C) groups is 1. The molecule has 2 atom stereocenters. The summed E-state index contributed by atoms with van der Waals surface area (Å²) < 4.78 is 5.89. The first-order valence-corrected chi connectivity index (χ1v) is 9.39. The number of nitrogens with zero attached hydrogens (tertiary/aromatic N) is 2. The molecule has 1 aromatic carbocycles. The van der Waals surface area contributed by atoms with Gasteiger partial charge in [0.05, 0.1) is 6.10 Å². The van der Waals surface area contributed by atoms with Crippen molar-refractivity contribution in [3.63, 3.8) is 0 Å². The molecular weight excluding hydrogens is 439 g/mol. The molecule has 0 amide bonds. The Bertz CT molecular complexity index is 484. The Kier molecular flexibility index (Phi) is 14.7. The fraction of sp³-hybridized carbons (Fsp3) is 0.650. The van der Waals surface area contributed by atoms with Crippen LogP contribution in [0.4, 0.5) is 0 Å². The summed E-state index contributed by atoms with van der Waals surface area (Å²) in [5, 5.41) is 6.70. The zero-order chi connectivity index (χ0) is 18.5. The Morgan fingerprint density at radius 1 is 1.15 bits per heavy atom. The van der Waals surface area contributed by atoms with Crippen molar-refractivity contribution in [3.05, 3.63) is 35.9 Å². The largest absolute Gasteiger partial charge is 0.374 e. The number of hydrogen-bond donors (Lipinski definition) is 2. The molecule has 0 aromatic heterocycles. The number of halogens is 1. The Hall–Kier alpha value is -0.860. The van der Waals surface area contributed by atoms with E-state index in [9.17, 15) is 0 Å². The molecule has 2 unspecified atom stereocenters. The van der Waals surface area contributed by atoms with Crippen LogP contribution in [0.3, 0.4) is 0 Å². The van der Waals surface area contributed by atoms with Crippen molar-refractivity contribution in [3.8, 4) is 0 Å². The monoisotopic (exact) mass is 476 g/mol. The van der Waals surface area contributed by atoms with E-state index in [1.807, 2.05) is 25.2 Å². The topological polar surface area (TPSA) is 48.9 Å². The summed E-state index contributed by atoms with van der Waals surface area (Å²) in [6.07, 6.45) is 2.25. The lowest BCUT2D eigenvalue weighted by Crippen LogP contribution is -2.42. The van der Waals surface area contributed by atoms with Crippen molar-refractivity contribution in [1.29, 1.82) is 0 Å². The van der Waals surface area contributed by atoms with Crippen LogP contribution in [0.1, 0.15) is 45.3 Å². The van der Waals surface area contributed by atoms with Gasteiger partial charge in [-0.3, -0.25) is 4.99 Å². The molecule has 0 spiro atoms. The maximum Gasteiger partial charge on any atom is 0.191 e. The van der Waals surface area contributed by atoms with Crippen molar-refractivity contribution >= 4 is 29.9 Å². The zero-order valence-electron chi connectivity index (χ0n) is 17.0. The van der Waals surface area contributed by atoms with E-state index >= 15 is 0 Å². The van der Waals surface area contributed by atoms with Gasteiger partial charge < -0.3 is 20.3 Å². The number of rotatable bonds is 11. The Balaban J connectivity index is 0.00000625. The second-order valence-electron chi connectivity index (χ2n) is 6.44. The summed E-state index contributed by atoms with van der Waals surface area (Å²) >= 11 is 0. The van der Waals surface area contributed by atoms with E-state index in [0.29, 0.717) is 6.04 Å². The first-order valence-electron chi connectivity index (χ1n) is 9.39. The van der Waals surface area contributed by atoms with Gasteiger partial charge >= 0.3 is 0 Å². The van der Waals surface area contributed by atoms with E-state index in [1.54, 1.807) is 0 Å². The summed E-state index contributed by atoms with van der Waals surface area (Å²) in [5.41, 5.74) is 1.22. The Morgan fingerprint density at radius 3 is 2.42 bits per heavy atom. The summed E-state index contributed by atoms with van der Waals surface area (Å²) in [6, 6.07) is 10.9. The van der Waals surface area contributed by atoms with Crippen LogP contribution in [-0.2, 0) is 4.74 Å². The van der Waals surface area contributed by atoms with Gasteiger partial charge in [0.25, 0.3) is 0 Å². The first kappa shape index (κ1) is 25.1. The summed E-state index contributed by atoms with van der Waals surface area (Å²) in [5.74, 6) is 0.855. The second-order valence-corrected chi connectivity index (χ2v) is 6.44. The molecule has 0 aliphatic heterocycles. The van der Waals surface area contributed by atoms with Crippen molar-refractivity contribution in [1.82, 2.24) is 15.5 Å². The lowest BCUT2D eigenvalue weighted by Gasteiger charge is -2.24. The summed E-state index contributed by atoms with van der Waals surface area (Å²) in [7, 11) is 3.97. The number of guanidine groups is 1. The minimum atomic E-state index is 0. The predicted octanol–water partition coefficient (Wildman–Crippen LogP) is 3.67. The van der Waals surface area contributed by atoms with E-state index in [1.165, 1.54) is 12.0 Å². The molecule has 0 saturated carbocycles. The highest BCUT2D eigenvalue weighted by Gasteiger charge is 2.07. The van der Waals surface area contributed by atoms with Gasteiger partial charge in [0, 0.05) is 39.3 Å². The Labute approximate surface area is 177 Å². The number of hydrogen-bond acceptors (Lipinski definition) is 3. The minimum Gasteiger partial charge on any atom is -0.374 e. The van der Waals surface area contributed by atoms with E-state index < -0.39 is 0 Å². The van der Waals surface area contributed by atoms with Crippen molar-refractivity contribution in [2.24, 2.45) is 4.99 Å². The molecule has 1 rings (SSSR count). The van der Waals surface area contributed by atoms with Crippen molar-refractivity contribution in [2.45, 2.75) is 45.8 Å². The van der Waals surface area contributed by atoms with Crippen LogP contribution < -0.4 is 10.6 Å². The summed E-state index contributed by atoms with van der Waals surface area (Å²) in [6.45, 7) is 10.0.